The Balaban J connectivity index is 1.39. The maximum absolute atomic E-state index is 12.5. The summed E-state index contributed by atoms with van der Waals surface area (Å²) < 4.78 is 1.70. The third-order valence-corrected chi connectivity index (χ3v) is 5.01. The number of anilines is 1. The zero-order valence-electron chi connectivity index (χ0n) is 14.7. The molecule has 7 nitrogen and oxygen atoms in total. The molecule has 3 aromatic heterocycles. The van der Waals surface area contributed by atoms with Crippen LogP contribution in [0.5, 0.6) is 0 Å². The van der Waals surface area contributed by atoms with E-state index < -0.39 is 0 Å². The summed E-state index contributed by atoms with van der Waals surface area (Å²) in [6.07, 6.45) is 10.2. The van der Waals surface area contributed by atoms with Gasteiger partial charge in [-0.3, -0.25) is 14.3 Å². The average molecular weight is 383 g/mol. The fourth-order valence-corrected chi connectivity index (χ4v) is 3.40. The molecule has 8 heteroatoms. The Morgan fingerprint density at radius 2 is 1.78 bits per heavy atom. The molecule has 1 aliphatic rings. The van der Waals surface area contributed by atoms with Crippen LogP contribution in [0.4, 0.5) is 5.95 Å². The lowest BCUT2D eigenvalue weighted by molar-refractivity contribution is 0.349. The van der Waals surface area contributed by atoms with Gasteiger partial charge in [-0.25, -0.2) is 15.0 Å². The highest BCUT2D eigenvalue weighted by atomic mass is 35.5. The molecule has 1 fully saturated rings. The lowest BCUT2D eigenvalue weighted by atomic mass is 9.97. The maximum Gasteiger partial charge on any atom is 0.253 e. The molecule has 0 N–H and O–H groups in total. The summed E-state index contributed by atoms with van der Waals surface area (Å²) in [5.74, 6) is 1.14. The number of rotatable bonds is 4. The fraction of sp³-hybridized carbons (Fsp3) is 0.316. The fourth-order valence-electron chi connectivity index (χ4n) is 3.31. The standard InChI is InChI=1S/C19H19ClN6O/c20-16-10-22-19(23-11-16)25-7-3-14(4-8-25)12-26-13-24-17(9-18(26)27)15-1-5-21-6-2-15/h1-2,5-6,9-11,13-14H,3-4,7-8,12H2. The maximum atomic E-state index is 12.5. The summed E-state index contributed by atoms with van der Waals surface area (Å²) >= 11 is 5.84. The van der Waals surface area contributed by atoms with Gasteiger partial charge >= 0.3 is 0 Å². The second-order valence-electron chi connectivity index (χ2n) is 6.63. The first kappa shape index (κ1) is 17.6. The van der Waals surface area contributed by atoms with E-state index >= 15 is 0 Å². The third kappa shape index (κ3) is 4.14. The van der Waals surface area contributed by atoms with Crippen LogP contribution in [0.25, 0.3) is 11.3 Å². The molecule has 0 aromatic carbocycles. The minimum Gasteiger partial charge on any atom is -0.341 e. The van der Waals surface area contributed by atoms with Gasteiger partial charge in [0.1, 0.15) is 0 Å². The number of nitrogens with zero attached hydrogens (tertiary/aromatic N) is 6. The zero-order chi connectivity index (χ0) is 18.6. The summed E-state index contributed by atoms with van der Waals surface area (Å²) in [6.45, 7) is 2.41. The van der Waals surface area contributed by atoms with Gasteiger partial charge in [0.25, 0.3) is 5.56 Å². The molecule has 0 bridgehead atoms. The lowest BCUT2D eigenvalue weighted by Gasteiger charge is -2.32. The van der Waals surface area contributed by atoms with Crippen LogP contribution in [-0.4, -0.2) is 37.6 Å². The Morgan fingerprint density at radius 3 is 2.44 bits per heavy atom. The highest BCUT2D eigenvalue weighted by molar-refractivity contribution is 6.30. The van der Waals surface area contributed by atoms with Gasteiger partial charge in [-0.05, 0) is 30.9 Å². The SMILES string of the molecule is O=c1cc(-c2ccncc2)ncn1CC1CCN(c2ncc(Cl)cn2)CC1. The summed E-state index contributed by atoms with van der Waals surface area (Å²) in [4.78, 5) is 31.6. The molecule has 0 spiro atoms. The van der Waals surface area contributed by atoms with E-state index in [1.54, 1.807) is 41.7 Å². The van der Waals surface area contributed by atoms with Crippen LogP contribution in [0.15, 0.2) is 54.1 Å². The van der Waals surface area contributed by atoms with Gasteiger partial charge in [-0.1, -0.05) is 11.6 Å². The Hall–Kier alpha value is -2.80. The number of halogens is 1. The molecule has 1 aliphatic heterocycles. The Kier molecular flexibility index (Phi) is 5.11. The average Bonchev–Trinajstić information content (AvgIpc) is 2.71. The molecule has 0 amide bonds. The quantitative estimate of drug-likeness (QED) is 0.690. The van der Waals surface area contributed by atoms with E-state index in [2.05, 4.69) is 24.8 Å². The predicted molar refractivity (Wildman–Crippen MR) is 104 cm³/mol. The van der Waals surface area contributed by atoms with Crippen LogP contribution in [0.1, 0.15) is 12.8 Å². The first-order valence-electron chi connectivity index (χ1n) is 8.88. The summed E-state index contributed by atoms with van der Waals surface area (Å²) in [5.41, 5.74) is 1.54. The molecule has 1 saturated heterocycles. The molecule has 4 rings (SSSR count). The van der Waals surface area contributed by atoms with Crippen molar-refractivity contribution in [1.29, 1.82) is 0 Å². The Bertz CT molecular complexity index is 952. The molecule has 0 atom stereocenters. The molecule has 27 heavy (non-hydrogen) atoms. The molecule has 4 heterocycles. The van der Waals surface area contributed by atoms with E-state index in [-0.39, 0.29) is 5.56 Å². The number of hydrogen-bond acceptors (Lipinski definition) is 6. The van der Waals surface area contributed by atoms with Crippen LogP contribution in [-0.2, 0) is 6.54 Å². The topological polar surface area (TPSA) is 76.8 Å². The molecule has 138 valence electrons. The van der Waals surface area contributed by atoms with Gasteiger partial charge in [0.2, 0.25) is 5.95 Å². The van der Waals surface area contributed by atoms with E-state index in [0.717, 1.165) is 31.5 Å². The highest BCUT2D eigenvalue weighted by Gasteiger charge is 2.21. The van der Waals surface area contributed by atoms with Gasteiger partial charge in [0.15, 0.2) is 0 Å². The summed E-state index contributed by atoms with van der Waals surface area (Å²) in [6, 6.07) is 5.29. The van der Waals surface area contributed by atoms with Crippen molar-refractivity contribution in [3.8, 4) is 11.3 Å². The largest absolute Gasteiger partial charge is 0.341 e. The van der Waals surface area contributed by atoms with Gasteiger partial charge in [-0.2, -0.15) is 0 Å². The number of aromatic nitrogens is 5. The summed E-state index contributed by atoms with van der Waals surface area (Å²) in [5, 5.41) is 0.538. The van der Waals surface area contributed by atoms with Gasteiger partial charge in [0, 0.05) is 43.7 Å². The van der Waals surface area contributed by atoms with Crippen LogP contribution >= 0.6 is 11.6 Å². The summed E-state index contributed by atoms with van der Waals surface area (Å²) in [7, 11) is 0. The van der Waals surface area contributed by atoms with E-state index in [1.807, 2.05) is 12.1 Å². The molecular weight excluding hydrogens is 364 g/mol. The van der Waals surface area contributed by atoms with Crippen molar-refractivity contribution in [3.63, 3.8) is 0 Å². The lowest BCUT2D eigenvalue weighted by Crippen LogP contribution is -2.37. The molecule has 0 unspecified atom stereocenters. The zero-order valence-corrected chi connectivity index (χ0v) is 15.5. The van der Waals surface area contributed by atoms with Crippen LogP contribution in [0.3, 0.4) is 0 Å². The van der Waals surface area contributed by atoms with E-state index in [1.165, 1.54) is 0 Å². The van der Waals surface area contributed by atoms with Gasteiger partial charge in [0.05, 0.1) is 29.4 Å². The first-order valence-corrected chi connectivity index (χ1v) is 9.26. The van der Waals surface area contributed by atoms with E-state index in [4.69, 9.17) is 11.6 Å². The molecule has 0 radical (unpaired) electrons. The van der Waals surface area contributed by atoms with Gasteiger partial charge < -0.3 is 4.90 Å². The van der Waals surface area contributed by atoms with Crippen LogP contribution in [0.2, 0.25) is 5.02 Å². The van der Waals surface area contributed by atoms with Crippen molar-refractivity contribution in [2.75, 3.05) is 18.0 Å². The van der Waals surface area contributed by atoms with Crippen molar-refractivity contribution < 1.29 is 0 Å². The highest BCUT2D eigenvalue weighted by Crippen LogP contribution is 2.22. The molecule has 0 saturated carbocycles. The smallest absolute Gasteiger partial charge is 0.253 e. The van der Waals surface area contributed by atoms with Crippen LogP contribution < -0.4 is 10.5 Å². The van der Waals surface area contributed by atoms with Crippen LogP contribution in [0, 0.1) is 5.92 Å². The molecule has 3 aromatic rings. The van der Waals surface area contributed by atoms with Crippen molar-refractivity contribution >= 4 is 17.5 Å². The second-order valence-corrected chi connectivity index (χ2v) is 7.07. The number of pyridine rings is 1. The Morgan fingerprint density at radius 1 is 1.07 bits per heavy atom. The first-order chi connectivity index (χ1) is 13.2. The van der Waals surface area contributed by atoms with Crippen molar-refractivity contribution in [1.82, 2.24) is 24.5 Å². The minimum absolute atomic E-state index is 0.0275. The Labute approximate surface area is 161 Å². The molecular formula is C19H19ClN6O. The minimum atomic E-state index is -0.0275. The van der Waals surface area contributed by atoms with E-state index in [0.29, 0.717) is 29.1 Å². The second kappa shape index (κ2) is 7.84. The van der Waals surface area contributed by atoms with Crippen molar-refractivity contribution in [3.05, 3.63) is 64.7 Å². The monoisotopic (exact) mass is 382 g/mol. The number of hydrogen-bond donors (Lipinski definition) is 0. The van der Waals surface area contributed by atoms with E-state index in [9.17, 15) is 4.79 Å². The predicted octanol–water partition coefficient (Wildman–Crippen LogP) is 2.67. The van der Waals surface area contributed by atoms with Crippen molar-refractivity contribution in [2.24, 2.45) is 5.92 Å². The molecule has 0 aliphatic carbocycles. The van der Waals surface area contributed by atoms with Gasteiger partial charge in [-0.15, -0.1) is 0 Å². The number of piperidine rings is 1. The van der Waals surface area contributed by atoms with Crippen molar-refractivity contribution in [2.45, 2.75) is 19.4 Å². The normalized spacial score (nSPS) is 15.1. The third-order valence-electron chi connectivity index (χ3n) is 4.81.